The van der Waals surface area contributed by atoms with Crippen LogP contribution in [0.1, 0.15) is 18.7 Å². The van der Waals surface area contributed by atoms with Crippen LogP contribution in [-0.4, -0.2) is 13.0 Å². The van der Waals surface area contributed by atoms with Gasteiger partial charge in [0.2, 0.25) is 0 Å². The summed E-state index contributed by atoms with van der Waals surface area (Å²) in [6.07, 6.45) is -2.47. The molecule has 1 atom stereocenters. The molecule has 2 aromatic rings. The number of halogens is 2. The van der Waals surface area contributed by atoms with Crippen LogP contribution in [0.2, 0.25) is 0 Å². The van der Waals surface area contributed by atoms with Crippen molar-refractivity contribution in [3.05, 3.63) is 36.1 Å². The van der Waals surface area contributed by atoms with Crippen LogP contribution in [-0.2, 0) is 0 Å². The number of alkyl halides is 2. The molecule has 2 rings (SSSR count). The van der Waals surface area contributed by atoms with Crippen molar-refractivity contribution < 1.29 is 13.2 Å². The first-order valence-corrected chi connectivity index (χ1v) is 5.22. The molecule has 1 unspecified atom stereocenters. The second kappa shape index (κ2) is 4.61. The fourth-order valence-electron chi connectivity index (χ4n) is 1.69. The third-order valence-corrected chi connectivity index (χ3v) is 2.43. The van der Waals surface area contributed by atoms with Crippen molar-refractivity contribution in [3.63, 3.8) is 0 Å². The Morgan fingerprint density at radius 1 is 1.31 bits per heavy atom. The molecule has 2 nitrogen and oxygen atoms in total. The van der Waals surface area contributed by atoms with Gasteiger partial charge >= 0.3 is 0 Å². The summed E-state index contributed by atoms with van der Waals surface area (Å²) < 4.78 is 31.0. The van der Waals surface area contributed by atoms with Gasteiger partial charge in [0.15, 0.2) is 0 Å². The van der Waals surface area contributed by atoms with Gasteiger partial charge in [-0.2, -0.15) is 0 Å². The molecule has 0 aliphatic heterocycles. The van der Waals surface area contributed by atoms with E-state index in [0.717, 1.165) is 5.39 Å². The van der Waals surface area contributed by atoms with Crippen LogP contribution in [0.15, 0.2) is 34.7 Å². The molecule has 0 saturated carbocycles. The molecule has 1 heterocycles. The summed E-state index contributed by atoms with van der Waals surface area (Å²) in [5.41, 5.74) is 0.640. The van der Waals surface area contributed by atoms with Crippen LogP contribution in [0.5, 0.6) is 0 Å². The summed E-state index contributed by atoms with van der Waals surface area (Å²) in [5, 5.41) is 3.56. The van der Waals surface area contributed by atoms with Gasteiger partial charge in [0.05, 0.1) is 0 Å². The van der Waals surface area contributed by atoms with Crippen LogP contribution >= 0.6 is 0 Å². The molecule has 0 spiro atoms. The number of rotatable bonds is 4. The van der Waals surface area contributed by atoms with Crippen LogP contribution in [0, 0.1) is 0 Å². The van der Waals surface area contributed by atoms with E-state index >= 15 is 0 Å². The van der Waals surface area contributed by atoms with E-state index in [1.54, 1.807) is 19.1 Å². The lowest BCUT2D eigenvalue weighted by Gasteiger charge is -2.13. The van der Waals surface area contributed by atoms with Gasteiger partial charge in [0, 0.05) is 5.39 Å². The first-order chi connectivity index (χ1) is 7.72. The van der Waals surface area contributed by atoms with Gasteiger partial charge in [-0.05, 0) is 18.7 Å². The molecule has 0 radical (unpaired) electrons. The molecule has 0 aliphatic rings. The van der Waals surface area contributed by atoms with E-state index in [4.69, 9.17) is 4.42 Å². The Bertz CT molecular complexity index is 434. The zero-order chi connectivity index (χ0) is 11.5. The van der Waals surface area contributed by atoms with Crippen molar-refractivity contribution in [1.82, 2.24) is 5.32 Å². The van der Waals surface area contributed by atoms with Crippen molar-refractivity contribution in [2.45, 2.75) is 19.4 Å². The average Bonchev–Trinajstić information content (AvgIpc) is 2.68. The Morgan fingerprint density at radius 2 is 2.06 bits per heavy atom. The summed E-state index contributed by atoms with van der Waals surface area (Å²) in [7, 11) is 0. The van der Waals surface area contributed by atoms with Crippen LogP contribution < -0.4 is 5.32 Å². The van der Waals surface area contributed by atoms with Gasteiger partial charge in [0.25, 0.3) is 6.43 Å². The van der Waals surface area contributed by atoms with Gasteiger partial charge < -0.3 is 9.73 Å². The fourth-order valence-corrected chi connectivity index (χ4v) is 1.69. The van der Waals surface area contributed by atoms with Gasteiger partial charge in [-0.1, -0.05) is 25.1 Å². The Labute approximate surface area is 92.2 Å². The highest BCUT2D eigenvalue weighted by molar-refractivity contribution is 5.77. The summed E-state index contributed by atoms with van der Waals surface area (Å²) in [4.78, 5) is 0. The first-order valence-electron chi connectivity index (χ1n) is 5.22. The number of furan rings is 1. The third-order valence-electron chi connectivity index (χ3n) is 2.43. The Balaban J connectivity index is 2.37. The highest BCUT2D eigenvalue weighted by Crippen LogP contribution is 2.27. The van der Waals surface area contributed by atoms with Crippen molar-refractivity contribution in [1.29, 1.82) is 0 Å². The molecule has 1 N–H and O–H groups in total. The number of benzene rings is 1. The van der Waals surface area contributed by atoms with Crippen LogP contribution in [0.3, 0.4) is 0 Å². The Hall–Kier alpha value is -1.42. The van der Waals surface area contributed by atoms with Crippen molar-refractivity contribution in [3.8, 4) is 0 Å². The van der Waals surface area contributed by atoms with Crippen molar-refractivity contribution >= 4 is 11.0 Å². The van der Waals surface area contributed by atoms with E-state index in [2.05, 4.69) is 5.32 Å². The maximum absolute atomic E-state index is 12.8. The number of nitrogens with one attached hydrogen (secondary N) is 1. The average molecular weight is 225 g/mol. The van der Waals surface area contributed by atoms with Crippen molar-refractivity contribution in [2.75, 3.05) is 6.54 Å². The maximum atomic E-state index is 12.8. The van der Waals surface area contributed by atoms with E-state index in [-0.39, 0.29) is 5.76 Å². The topological polar surface area (TPSA) is 25.2 Å². The van der Waals surface area contributed by atoms with E-state index in [1.807, 2.05) is 18.2 Å². The first kappa shape index (κ1) is 11.1. The molecule has 1 aromatic heterocycles. The van der Waals surface area contributed by atoms with E-state index in [9.17, 15) is 8.78 Å². The molecule has 0 bridgehead atoms. The molecule has 16 heavy (non-hydrogen) atoms. The predicted octanol–water partition coefficient (Wildman–Crippen LogP) is 3.35. The number of hydrogen-bond donors (Lipinski definition) is 1. The molecular formula is C12H13F2NO. The Kier molecular flexibility index (Phi) is 3.19. The quantitative estimate of drug-likeness (QED) is 0.863. The summed E-state index contributed by atoms with van der Waals surface area (Å²) in [6.45, 7) is 2.27. The summed E-state index contributed by atoms with van der Waals surface area (Å²) >= 11 is 0. The molecule has 0 amide bonds. The molecule has 1 aromatic carbocycles. The largest absolute Gasteiger partial charge is 0.459 e. The van der Waals surface area contributed by atoms with Crippen LogP contribution in [0.25, 0.3) is 11.0 Å². The maximum Gasteiger partial charge on any atom is 0.260 e. The number of hydrogen-bond acceptors (Lipinski definition) is 2. The monoisotopic (exact) mass is 225 g/mol. The zero-order valence-electron chi connectivity index (χ0n) is 8.91. The SMILES string of the molecule is CCNC(c1cc2ccccc2o1)C(F)F. The third kappa shape index (κ3) is 2.07. The molecule has 0 fully saturated rings. The minimum Gasteiger partial charge on any atom is -0.459 e. The second-order valence-electron chi connectivity index (χ2n) is 3.56. The lowest BCUT2D eigenvalue weighted by Crippen LogP contribution is -2.26. The minimum absolute atomic E-state index is 0.290. The number of fused-ring (bicyclic) bond motifs is 1. The van der Waals surface area contributed by atoms with E-state index in [1.165, 1.54) is 0 Å². The van der Waals surface area contributed by atoms with Crippen LogP contribution in [0.4, 0.5) is 8.78 Å². The molecule has 86 valence electrons. The summed E-state index contributed by atoms with van der Waals surface area (Å²) in [6, 6.07) is 7.92. The lowest BCUT2D eigenvalue weighted by molar-refractivity contribution is 0.0897. The smallest absolute Gasteiger partial charge is 0.260 e. The lowest BCUT2D eigenvalue weighted by atomic mass is 10.2. The normalized spacial score (nSPS) is 13.5. The molecular weight excluding hydrogens is 212 g/mol. The minimum atomic E-state index is -2.47. The Morgan fingerprint density at radius 3 is 2.69 bits per heavy atom. The standard InChI is InChI=1S/C12H13F2NO/c1-2-15-11(12(13)14)10-7-8-5-3-4-6-9(8)16-10/h3-7,11-12,15H,2H2,1H3. The van der Waals surface area contributed by atoms with Gasteiger partial charge in [-0.15, -0.1) is 0 Å². The number of para-hydroxylation sites is 1. The van der Waals surface area contributed by atoms with Gasteiger partial charge in [0.1, 0.15) is 17.4 Å². The van der Waals surface area contributed by atoms with Gasteiger partial charge in [-0.3, -0.25) is 0 Å². The zero-order valence-corrected chi connectivity index (χ0v) is 8.91. The highest BCUT2D eigenvalue weighted by Gasteiger charge is 2.24. The van der Waals surface area contributed by atoms with Crippen molar-refractivity contribution in [2.24, 2.45) is 0 Å². The predicted molar refractivity (Wildman–Crippen MR) is 58.6 cm³/mol. The van der Waals surface area contributed by atoms with E-state index < -0.39 is 12.5 Å². The molecule has 4 heteroatoms. The van der Waals surface area contributed by atoms with Gasteiger partial charge in [-0.25, -0.2) is 8.78 Å². The summed E-state index contributed by atoms with van der Waals surface area (Å²) in [5.74, 6) is 0.290. The van der Waals surface area contributed by atoms with E-state index in [0.29, 0.717) is 12.1 Å². The fraction of sp³-hybridized carbons (Fsp3) is 0.333. The molecule has 0 aliphatic carbocycles. The highest BCUT2D eigenvalue weighted by atomic mass is 19.3. The molecule has 0 saturated heterocycles. The second-order valence-corrected chi connectivity index (χ2v) is 3.56.